The summed E-state index contributed by atoms with van der Waals surface area (Å²) in [5, 5.41) is 4.33. The van der Waals surface area contributed by atoms with Gasteiger partial charge >= 0.3 is 0 Å². The smallest absolute Gasteiger partial charge is 0.222 e. The Morgan fingerprint density at radius 2 is 2.19 bits per heavy atom. The number of likely N-dealkylation sites (tertiary alicyclic amines) is 1. The average molecular weight is 286 g/mol. The lowest BCUT2D eigenvalue weighted by Gasteiger charge is -2.26. The zero-order valence-corrected chi connectivity index (χ0v) is 11.2. The molecule has 2 rings (SSSR count). The fourth-order valence-corrected chi connectivity index (χ4v) is 2.52. The average Bonchev–Trinajstić information content (AvgIpc) is 2.48. The lowest BCUT2D eigenvalue weighted by molar-refractivity contribution is -0.133. The van der Waals surface area contributed by atoms with Crippen molar-refractivity contribution in [2.45, 2.75) is 32.7 Å². The number of carbonyl (C=O) groups excluding carboxylic acids is 1. The molecule has 0 bridgehead atoms. The molecular formula is C11H16BrN3O. The van der Waals surface area contributed by atoms with Crippen molar-refractivity contribution in [1.82, 2.24) is 14.7 Å². The van der Waals surface area contributed by atoms with Gasteiger partial charge in [0, 0.05) is 20.0 Å². The second kappa shape index (κ2) is 4.57. The Balaban J connectivity index is 2.16. The minimum Gasteiger partial charge on any atom is -0.337 e. The highest BCUT2D eigenvalue weighted by molar-refractivity contribution is 9.10. The minimum atomic E-state index is 0.261. The van der Waals surface area contributed by atoms with Crippen molar-refractivity contribution in [3.63, 3.8) is 0 Å². The Morgan fingerprint density at radius 1 is 1.44 bits per heavy atom. The van der Waals surface area contributed by atoms with Gasteiger partial charge in [0.1, 0.15) is 0 Å². The largest absolute Gasteiger partial charge is 0.337 e. The molecular weight excluding hydrogens is 270 g/mol. The summed E-state index contributed by atoms with van der Waals surface area (Å²) in [4.78, 5) is 13.6. The van der Waals surface area contributed by atoms with E-state index in [1.807, 2.05) is 23.6 Å². The predicted molar refractivity (Wildman–Crippen MR) is 64.9 cm³/mol. The van der Waals surface area contributed by atoms with Crippen molar-refractivity contribution in [2.75, 3.05) is 6.54 Å². The van der Waals surface area contributed by atoms with Crippen molar-refractivity contribution < 1.29 is 4.79 Å². The van der Waals surface area contributed by atoms with E-state index in [0.717, 1.165) is 35.2 Å². The van der Waals surface area contributed by atoms with Gasteiger partial charge < -0.3 is 4.90 Å². The summed E-state index contributed by atoms with van der Waals surface area (Å²) in [6.07, 6.45) is 2.83. The van der Waals surface area contributed by atoms with Crippen molar-refractivity contribution in [3.8, 4) is 0 Å². The van der Waals surface area contributed by atoms with Crippen LogP contribution in [0.3, 0.4) is 0 Å². The van der Waals surface area contributed by atoms with Crippen LogP contribution in [0.5, 0.6) is 0 Å². The monoisotopic (exact) mass is 285 g/mol. The molecule has 0 N–H and O–H groups in total. The molecule has 5 heteroatoms. The third kappa shape index (κ3) is 2.14. The van der Waals surface area contributed by atoms with Crippen LogP contribution in [0.2, 0.25) is 0 Å². The van der Waals surface area contributed by atoms with E-state index in [9.17, 15) is 4.79 Å². The third-order valence-electron chi connectivity index (χ3n) is 3.02. The summed E-state index contributed by atoms with van der Waals surface area (Å²) in [7, 11) is 1.92. The highest BCUT2D eigenvalue weighted by Crippen LogP contribution is 2.23. The van der Waals surface area contributed by atoms with Crippen LogP contribution in [0.25, 0.3) is 0 Å². The Kier molecular flexibility index (Phi) is 3.33. The molecule has 0 radical (unpaired) electrons. The molecule has 4 nitrogen and oxygen atoms in total. The summed E-state index contributed by atoms with van der Waals surface area (Å²) < 4.78 is 2.87. The molecule has 0 saturated carbocycles. The fraction of sp³-hybridized carbons (Fsp3) is 0.636. The van der Waals surface area contributed by atoms with Crippen molar-refractivity contribution in [2.24, 2.45) is 7.05 Å². The first kappa shape index (κ1) is 11.6. The number of halogens is 1. The van der Waals surface area contributed by atoms with Crippen LogP contribution >= 0.6 is 15.9 Å². The molecule has 88 valence electrons. The number of aromatic nitrogens is 2. The highest BCUT2D eigenvalue weighted by Gasteiger charge is 2.21. The lowest BCUT2D eigenvalue weighted by Crippen LogP contribution is -2.35. The molecule has 16 heavy (non-hydrogen) atoms. The quantitative estimate of drug-likeness (QED) is 0.834. The molecule has 0 unspecified atom stereocenters. The summed E-state index contributed by atoms with van der Waals surface area (Å²) in [5.41, 5.74) is 2.05. The van der Waals surface area contributed by atoms with Gasteiger partial charge in [0.15, 0.2) is 0 Å². The van der Waals surface area contributed by atoms with Crippen LogP contribution in [0.1, 0.15) is 30.7 Å². The summed E-state index contributed by atoms with van der Waals surface area (Å²) in [5.74, 6) is 0.261. The lowest BCUT2D eigenvalue weighted by atomic mass is 10.1. The fourth-order valence-electron chi connectivity index (χ4n) is 2.06. The predicted octanol–water partition coefficient (Wildman–Crippen LogP) is 2.00. The van der Waals surface area contributed by atoms with Crippen LogP contribution in [0.4, 0.5) is 0 Å². The van der Waals surface area contributed by atoms with Crippen LogP contribution in [0.15, 0.2) is 4.47 Å². The maximum atomic E-state index is 11.7. The first-order valence-corrected chi connectivity index (χ1v) is 6.34. The van der Waals surface area contributed by atoms with Crippen molar-refractivity contribution in [1.29, 1.82) is 0 Å². The molecule has 1 saturated heterocycles. The molecule has 1 fully saturated rings. The van der Waals surface area contributed by atoms with Crippen molar-refractivity contribution >= 4 is 21.8 Å². The van der Waals surface area contributed by atoms with E-state index in [1.54, 1.807) is 0 Å². The first-order valence-electron chi connectivity index (χ1n) is 5.55. The normalized spacial score (nSPS) is 16.9. The van der Waals surface area contributed by atoms with Gasteiger partial charge in [-0.1, -0.05) is 0 Å². The number of amides is 1. The van der Waals surface area contributed by atoms with Gasteiger partial charge in [-0.15, -0.1) is 0 Å². The Hall–Kier alpha value is -0.840. The standard InChI is InChI=1S/C11H16BrN3O/c1-8-11(12)9(14(2)13-8)7-15-6-4-3-5-10(15)16/h3-7H2,1-2H3. The Morgan fingerprint density at radius 3 is 2.75 bits per heavy atom. The maximum absolute atomic E-state index is 11.7. The Labute approximate surface area is 104 Å². The molecule has 1 aromatic rings. The molecule has 2 heterocycles. The molecule has 0 atom stereocenters. The van der Waals surface area contributed by atoms with E-state index in [1.165, 1.54) is 0 Å². The number of nitrogens with zero attached hydrogens (tertiary/aromatic N) is 3. The summed E-state index contributed by atoms with van der Waals surface area (Å²) >= 11 is 3.53. The third-order valence-corrected chi connectivity index (χ3v) is 4.06. The van der Waals surface area contributed by atoms with Gasteiger partial charge in [0.2, 0.25) is 5.91 Å². The Bertz CT molecular complexity index is 414. The number of aryl methyl sites for hydroxylation is 2. The van der Waals surface area contributed by atoms with Gasteiger partial charge in [0.05, 0.1) is 22.4 Å². The zero-order valence-electron chi connectivity index (χ0n) is 9.66. The van der Waals surface area contributed by atoms with E-state index < -0.39 is 0 Å². The van der Waals surface area contributed by atoms with Gasteiger partial charge in [-0.05, 0) is 35.7 Å². The SMILES string of the molecule is Cc1nn(C)c(CN2CCCCC2=O)c1Br. The molecule has 1 amide bonds. The minimum absolute atomic E-state index is 0.261. The summed E-state index contributed by atoms with van der Waals surface area (Å²) in [6.45, 7) is 3.50. The van der Waals surface area contributed by atoms with E-state index >= 15 is 0 Å². The van der Waals surface area contributed by atoms with E-state index in [2.05, 4.69) is 21.0 Å². The number of carbonyl (C=O) groups is 1. The van der Waals surface area contributed by atoms with E-state index in [4.69, 9.17) is 0 Å². The maximum Gasteiger partial charge on any atom is 0.222 e. The van der Waals surface area contributed by atoms with E-state index in [0.29, 0.717) is 13.0 Å². The van der Waals surface area contributed by atoms with Gasteiger partial charge in [0.25, 0.3) is 0 Å². The molecule has 0 aliphatic carbocycles. The van der Waals surface area contributed by atoms with Gasteiger partial charge in [-0.25, -0.2) is 0 Å². The number of rotatable bonds is 2. The summed E-state index contributed by atoms with van der Waals surface area (Å²) in [6, 6.07) is 0. The van der Waals surface area contributed by atoms with Gasteiger partial charge in [-0.3, -0.25) is 9.48 Å². The van der Waals surface area contributed by atoms with Crippen molar-refractivity contribution in [3.05, 3.63) is 15.9 Å². The van der Waals surface area contributed by atoms with Crippen LogP contribution in [-0.2, 0) is 18.4 Å². The second-order valence-electron chi connectivity index (χ2n) is 4.24. The zero-order chi connectivity index (χ0) is 11.7. The number of hydrogen-bond donors (Lipinski definition) is 0. The molecule has 1 aliphatic heterocycles. The second-order valence-corrected chi connectivity index (χ2v) is 5.04. The first-order chi connectivity index (χ1) is 7.59. The van der Waals surface area contributed by atoms with Crippen LogP contribution in [0, 0.1) is 6.92 Å². The molecule has 1 aromatic heterocycles. The van der Waals surface area contributed by atoms with E-state index in [-0.39, 0.29) is 5.91 Å². The number of hydrogen-bond acceptors (Lipinski definition) is 2. The number of piperidine rings is 1. The molecule has 1 aliphatic rings. The highest BCUT2D eigenvalue weighted by atomic mass is 79.9. The van der Waals surface area contributed by atoms with Crippen LogP contribution in [-0.4, -0.2) is 27.1 Å². The molecule has 0 aromatic carbocycles. The van der Waals surface area contributed by atoms with Crippen LogP contribution < -0.4 is 0 Å². The molecule has 0 spiro atoms. The topological polar surface area (TPSA) is 38.1 Å². The van der Waals surface area contributed by atoms with Gasteiger partial charge in [-0.2, -0.15) is 5.10 Å².